The van der Waals surface area contributed by atoms with Gasteiger partial charge in [-0.05, 0) is 60.7 Å². The third-order valence-corrected chi connectivity index (χ3v) is 6.00. The molecule has 0 aliphatic carbocycles. The average Bonchev–Trinajstić information content (AvgIpc) is 2.85. The molecule has 3 aromatic carbocycles. The van der Waals surface area contributed by atoms with E-state index in [1.54, 1.807) is 49.6 Å². The van der Waals surface area contributed by atoms with E-state index in [2.05, 4.69) is 10.4 Å². The summed E-state index contributed by atoms with van der Waals surface area (Å²) in [5.41, 5.74) is 1.67. The molecule has 0 saturated heterocycles. The zero-order valence-electron chi connectivity index (χ0n) is 17.7. The lowest BCUT2D eigenvalue weighted by molar-refractivity contribution is 0.0950. The number of benzene rings is 3. The smallest absolute Gasteiger partial charge is 0.271 e. The van der Waals surface area contributed by atoms with Gasteiger partial charge in [0.1, 0.15) is 10.8 Å². The molecule has 1 N–H and O–H groups in total. The fourth-order valence-electron chi connectivity index (χ4n) is 3.14. The van der Waals surface area contributed by atoms with Gasteiger partial charge >= 0.3 is 0 Å². The minimum Gasteiger partial charge on any atom is -0.496 e. The van der Waals surface area contributed by atoms with Crippen LogP contribution in [-0.4, -0.2) is 22.8 Å². The van der Waals surface area contributed by atoms with E-state index in [0.29, 0.717) is 27.8 Å². The Balaban J connectivity index is 1.47. The van der Waals surface area contributed by atoms with E-state index < -0.39 is 0 Å². The molecular formula is C25H20ClN3O3S. The summed E-state index contributed by atoms with van der Waals surface area (Å²) in [6.07, 6.45) is 0. The predicted octanol–water partition coefficient (Wildman–Crippen LogP) is 4.98. The molecular weight excluding hydrogens is 458 g/mol. The summed E-state index contributed by atoms with van der Waals surface area (Å²) in [6, 6.07) is 24.8. The summed E-state index contributed by atoms with van der Waals surface area (Å²) in [5.74, 6) is 0.495. The molecule has 1 aromatic heterocycles. The molecule has 1 amide bonds. The molecule has 0 saturated carbocycles. The molecule has 0 radical (unpaired) electrons. The first-order valence-corrected chi connectivity index (χ1v) is 11.3. The van der Waals surface area contributed by atoms with Crippen LogP contribution in [0, 0.1) is 0 Å². The highest BCUT2D eigenvalue weighted by Gasteiger charge is 2.10. The van der Waals surface area contributed by atoms with Crippen molar-refractivity contribution in [2.45, 2.75) is 16.5 Å². The number of carbonyl (C=O) groups excluding carboxylic acids is 1. The summed E-state index contributed by atoms with van der Waals surface area (Å²) < 4.78 is 6.63. The van der Waals surface area contributed by atoms with Crippen molar-refractivity contribution in [3.63, 3.8) is 0 Å². The highest BCUT2D eigenvalue weighted by molar-refractivity contribution is 7.99. The number of hydrogen-bond donors (Lipinski definition) is 1. The summed E-state index contributed by atoms with van der Waals surface area (Å²) in [7, 11) is 1.60. The van der Waals surface area contributed by atoms with E-state index in [9.17, 15) is 9.59 Å². The number of methoxy groups -OCH3 is 1. The first-order chi connectivity index (χ1) is 16.0. The van der Waals surface area contributed by atoms with Crippen LogP contribution in [0.5, 0.6) is 5.75 Å². The Morgan fingerprint density at radius 1 is 1.00 bits per heavy atom. The molecule has 0 atom stereocenters. The third-order valence-electron chi connectivity index (χ3n) is 4.82. The zero-order chi connectivity index (χ0) is 23.2. The van der Waals surface area contributed by atoms with Gasteiger partial charge in [-0.3, -0.25) is 9.59 Å². The Kier molecular flexibility index (Phi) is 7.12. The van der Waals surface area contributed by atoms with E-state index in [1.165, 1.54) is 22.5 Å². The van der Waals surface area contributed by atoms with Crippen molar-refractivity contribution in [3.8, 4) is 11.4 Å². The number of halogens is 1. The number of rotatable bonds is 7. The number of ether oxygens (including phenoxy) is 1. The van der Waals surface area contributed by atoms with Gasteiger partial charge in [0, 0.05) is 33.7 Å². The van der Waals surface area contributed by atoms with Crippen LogP contribution in [0.1, 0.15) is 15.9 Å². The highest BCUT2D eigenvalue weighted by Crippen LogP contribution is 2.26. The van der Waals surface area contributed by atoms with E-state index >= 15 is 0 Å². The van der Waals surface area contributed by atoms with Gasteiger partial charge in [-0.15, -0.1) is 0 Å². The van der Waals surface area contributed by atoms with Gasteiger partial charge in [0.2, 0.25) is 0 Å². The second-order valence-corrected chi connectivity index (χ2v) is 8.55. The van der Waals surface area contributed by atoms with Gasteiger partial charge < -0.3 is 10.1 Å². The van der Waals surface area contributed by atoms with Crippen LogP contribution in [0.25, 0.3) is 5.69 Å². The number of amides is 1. The molecule has 0 fully saturated rings. The lowest BCUT2D eigenvalue weighted by Gasteiger charge is -2.10. The monoisotopic (exact) mass is 477 g/mol. The maximum absolute atomic E-state index is 12.6. The largest absolute Gasteiger partial charge is 0.496 e. The van der Waals surface area contributed by atoms with Crippen molar-refractivity contribution in [1.29, 1.82) is 0 Å². The number of nitrogens with zero attached hydrogens (tertiary/aromatic N) is 2. The molecule has 0 bridgehead atoms. The molecule has 166 valence electrons. The number of para-hydroxylation sites is 1. The van der Waals surface area contributed by atoms with Crippen LogP contribution >= 0.6 is 23.4 Å². The normalized spacial score (nSPS) is 10.6. The molecule has 33 heavy (non-hydrogen) atoms. The topological polar surface area (TPSA) is 73.2 Å². The van der Waals surface area contributed by atoms with Crippen LogP contribution < -0.4 is 15.6 Å². The Bertz CT molecular complexity index is 1320. The van der Waals surface area contributed by atoms with Gasteiger partial charge in [0.25, 0.3) is 11.5 Å². The van der Waals surface area contributed by atoms with Crippen LogP contribution in [-0.2, 0) is 6.54 Å². The van der Waals surface area contributed by atoms with Gasteiger partial charge in [-0.2, -0.15) is 9.78 Å². The Morgan fingerprint density at radius 2 is 1.73 bits per heavy atom. The van der Waals surface area contributed by atoms with E-state index in [0.717, 1.165) is 16.2 Å². The quantitative estimate of drug-likeness (QED) is 0.406. The molecule has 0 spiro atoms. The third kappa shape index (κ3) is 5.63. The van der Waals surface area contributed by atoms with Crippen LogP contribution in [0.3, 0.4) is 0 Å². The van der Waals surface area contributed by atoms with Crippen molar-refractivity contribution in [1.82, 2.24) is 15.1 Å². The highest BCUT2D eigenvalue weighted by atomic mass is 35.5. The predicted molar refractivity (Wildman–Crippen MR) is 130 cm³/mol. The van der Waals surface area contributed by atoms with Crippen molar-refractivity contribution in [2.75, 3.05) is 7.11 Å². The first-order valence-electron chi connectivity index (χ1n) is 10.1. The fraction of sp³-hybridized carbons (Fsp3) is 0.0800. The van der Waals surface area contributed by atoms with Gasteiger partial charge in [0.15, 0.2) is 0 Å². The summed E-state index contributed by atoms with van der Waals surface area (Å²) in [5, 5.41) is 8.65. The molecule has 4 aromatic rings. The second-order valence-electron chi connectivity index (χ2n) is 7.02. The van der Waals surface area contributed by atoms with Gasteiger partial charge in [0.05, 0.1) is 12.8 Å². The Morgan fingerprint density at radius 3 is 2.45 bits per heavy atom. The minimum atomic E-state index is -0.260. The van der Waals surface area contributed by atoms with Crippen molar-refractivity contribution >= 4 is 29.3 Å². The number of carbonyl (C=O) groups is 1. The minimum absolute atomic E-state index is 0.222. The van der Waals surface area contributed by atoms with E-state index in [4.69, 9.17) is 16.3 Å². The van der Waals surface area contributed by atoms with Crippen LogP contribution in [0.15, 0.2) is 99.6 Å². The molecule has 0 aliphatic rings. The summed E-state index contributed by atoms with van der Waals surface area (Å²) >= 11 is 7.36. The molecule has 8 heteroatoms. The summed E-state index contributed by atoms with van der Waals surface area (Å²) in [6.45, 7) is 0.343. The van der Waals surface area contributed by atoms with E-state index in [1.807, 2.05) is 36.4 Å². The SMILES string of the molecule is COc1ccccc1CNC(=O)c1ccc(-n2nc(Sc3ccc(Cl)cc3)ccc2=O)cc1. The first kappa shape index (κ1) is 22.6. The number of aromatic nitrogens is 2. The zero-order valence-corrected chi connectivity index (χ0v) is 19.3. The molecule has 1 heterocycles. The van der Waals surface area contributed by atoms with Crippen molar-refractivity contribution < 1.29 is 9.53 Å². The van der Waals surface area contributed by atoms with Gasteiger partial charge in [-0.25, -0.2) is 0 Å². The van der Waals surface area contributed by atoms with Crippen LogP contribution in [0.4, 0.5) is 0 Å². The molecule has 0 unspecified atom stereocenters. The molecule has 0 aliphatic heterocycles. The number of hydrogen-bond acceptors (Lipinski definition) is 5. The number of nitrogens with one attached hydrogen (secondary N) is 1. The van der Waals surface area contributed by atoms with E-state index in [-0.39, 0.29) is 11.5 Å². The second kappa shape index (κ2) is 10.4. The Labute approximate surface area is 200 Å². The van der Waals surface area contributed by atoms with Crippen molar-refractivity contribution in [2.24, 2.45) is 0 Å². The fourth-order valence-corrected chi connectivity index (χ4v) is 4.04. The molecule has 6 nitrogen and oxygen atoms in total. The maximum atomic E-state index is 12.6. The average molecular weight is 478 g/mol. The summed E-state index contributed by atoms with van der Waals surface area (Å²) in [4.78, 5) is 25.9. The molecule has 4 rings (SSSR count). The Hall–Kier alpha value is -3.55. The lowest BCUT2D eigenvalue weighted by Crippen LogP contribution is -2.23. The van der Waals surface area contributed by atoms with Gasteiger partial charge in [-0.1, -0.05) is 41.6 Å². The lowest BCUT2D eigenvalue weighted by atomic mass is 10.1. The van der Waals surface area contributed by atoms with Crippen LogP contribution in [0.2, 0.25) is 5.02 Å². The standard InChI is InChI=1S/C25H20ClN3O3S/c1-32-22-5-3-2-4-18(22)16-27-25(31)17-6-10-20(11-7-17)29-24(30)15-14-23(28-29)33-21-12-8-19(26)9-13-21/h2-15H,16H2,1H3,(H,27,31). The van der Waals surface area contributed by atoms with Crippen molar-refractivity contribution in [3.05, 3.63) is 111 Å². The maximum Gasteiger partial charge on any atom is 0.271 e.